The number of nitro groups is 1. The first-order valence-electron chi connectivity index (χ1n) is 6.30. The molecule has 7 heteroatoms. The summed E-state index contributed by atoms with van der Waals surface area (Å²) in [6, 6.07) is 11.4. The number of hydrogen-bond donors (Lipinski definition) is 1. The van der Waals surface area contributed by atoms with E-state index in [0.29, 0.717) is 11.3 Å². The number of non-ortho nitro benzene ring substituents is 1. The van der Waals surface area contributed by atoms with Crippen LogP contribution in [-0.2, 0) is 4.79 Å². The molecule has 0 radical (unpaired) electrons. The number of nitro benzene ring substituents is 1. The number of carbonyl (C=O) groups is 2. The summed E-state index contributed by atoms with van der Waals surface area (Å²) in [6.45, 7) is 1.39. The van der Waals surface area contributed by atoms with Crippen LogP contribution in [0.25, 0.3) is 0 Å². The van der Waals surface area contributed by atoms with Crippen molar-refractivity contribution < 1.29 is 19.2 Å². The first-order valence-corrected chi connectivity index (χ1v) is 6.30. The molecule has 0 unspecified atom stereocenters. The van der Waals surface area contributed by atoms with Gasteiger partial charge in [-0.05, 0) is 36.4 Å². The van der Waals surface area contributed by atoms with Gasteiger partial charge < -0.3 is 10.1 Å². The number of amides is 1. The van der Waals surface area contributed by atoms with Crippen molar-refractivity contribution in [2.24, 2.45) is 0 Å². The number of benzene rings is 2. The second-order valence-corrected chi connectivity index (χ2v) is 4.40. The van der Waals surface area contributed by atoms with E-state index in [-0.39, 0.29) is 17.3 Å². The Morgan fingerprint density at radius 1 is 1.05 bits per heavy atom. The van der Waals surface area contributed by atoms with Gasteiger partial charge in [0.25, 0.3) is 5.69 Å². The van der Waals surface area contributed by atoms with Crippen molar-refractivity contribution in [1.82, 2.24) is 0 Å². The maximum Gasteiger partial charge on any atom is 0.343 e. The summed E-state index contributed by atoms with van der Waals surface area (Å²) in [5.74, 6) is -0.592. The van der Waals surface area contributed by atoms with E-state index in [1.54, 1.807) is 12.1 Å². The topological polar surface area (TPSA) is 98.5 Å². The summed E-state index contributed by atoms with van der Waals surface area (Å²) in [5.41, 5.74) is 0.784. The van der Waals surface area contributed by atoms with Gasteiger partial charge in [0, 0.05) is 24.7 Å². The molecular weight excluding hydrogens is 288 g/mol. The van der Waals surface area contributed by atoms with E-state index in [0.717, 1.165) is 0 Å². The van der Waals surface area contributed by atoms with Crippen molar-refractivity contribution in [2.75, 3.05) is 5.32 Å². The maximum atomic E-state index is 11.9. The predicted octanol–water partition coefficient (Wildman–Crippen LogP) is 2.77. The van der Waals surface area contributed by atoms with Gasteiger partial charge in [0.2, 0.25) is 5.91 Å². The van der Waals surface area contributed by atoms with Crippen LogP contribution in [0.2, 0.25) is 0 Å². The van der Waals surface area contributed by atoms with Gasteiger partial charge in [-0.25, -0.2) is 4.79 Å². The lowest BCUT2D eigenvalue weighted by Gasteiger charge is -2.05. The third kappa shape index (κ3) is 3.89. The first kappa shape index (κ1) is 15.2. The molecule has 2 aromatic carbocycles. The molecule has 0 fully saturated rings. The molecule has 1 amide bonds. The monoisotopic (exact) mass is 300 g/mol. The summed E-state index contributed by atoms with van der Waals surface area (Å²) in [7, 11) is 0. The predicted molar refractivity (Wildman–Crippen MR) is 78.8 cm³/mol. The van der Waals surface area contributed by atoms with E-state index < -0.39 is 10.9 Å². The average molecular weight is 300 g/mol. The van der Waals surface area contributed by atoms with Crippen molar-refractivity contribution in [3.63, 3.8) is 0 Å². The SMILES string of the molecule is CC(=O)Nc1ccc(C(=O)Oc2ccc([N+](=O)[O-])cc2)cc1. The molecule has 0 aliphatic rings. The van der Waals surface area contributed by atoms with E-state index in [4.69, 9.17) is 4.74 Å². The van der Waals surface area contributed by atoms with Crippen LogP contribution in [-0.4, -0.2) is 16.8 Å². The summed E-state index contributed by atoms with van der Waals surface area (Å²) >= 11 is 0. The highest BCUT2D eigenvalue weighted by Crippen LogP contribution is 2.19. The van der Waals surface area contributed by atoms with Crippen molar-refractivity contribution in [3.05, 3.63) is 64.2 Å². The quantitative estimate of drug-likeness (QED) is 0.405. The molecule has 0 aromatic heterocycles. The number of ether oxygens (including phenoxy) is 1. The number of carbonyl (C=O) groups excluding carboxylic acids is 2. The third-order valence-electron chi connectivity index (χ3n) is 2.70. The molecule has 22 heavy (non-hydrogen) atoms. The minimum atomic E-state index is -0.594. The summed E-state index contributed by atoms with van der Waals surface area (Å²) < 4.78 is 5.11. The minimum Gasteiger partial charge on any atom is -0.423 e. The Hall–Kier alpha value is -3.22. The van der Waals surface area contributed by atoms with Gasteiger partial charge in [0.1, 0.15) is 5.75 Å². The van der Waals surface area contributed by atoms with Crippen LogP contribution in [0.15, 0.2) is 48.5 Å². The van der Waals surface area contributed by atoms with Crippen LogP contribution in [0.4, 0.5) is 11.4 Å². The molecule has 2 aromatic rings. The Bertz CT molecular complexity index is 708. The van der Waals surface area contributed by atoms with Crippen molar-refractivity contribution in [2.45, 2.75) is 6.92 Å². The van der Waals surface area contributed by atoms with Gasteiger partial charge in [-0.3, -0.25) is 14.9 Å². The Balaban J connectivity index is 2.05. The van der Waals surface area contributed by atoms with Crippen molar-refractivity contribution >= 4 is 23.3 Å². The molecule has 0 heterocycles. The largest absolute Gasteiger partial charge is 0.423 e. The van der Waals surface area contributed by atoms with Crippen LogP contribution < -0.4 is 10.1 Å². The smallest absolute Gasteiger partial charge is 0.343 e. The lowest BCUT2D eigenvalue weighted by Crippen LogP contribution is -2.09. The van der Waals surface area contributed by atoms with Gasteiger partial charge in [0.15, 0.2) is 0 Å². The zero-order valence-corrected chi connectivity index (χ0v) is 11.6. The normalized spacial score (nSPS) is 9.86. The Morgan fingerprint density at radius 3 is 2.14 bits per heavy atom. The lowest BCUT2D eigenvalue weighted by atomic mass is 10.2. The molecular formula is C15H12N2O5. The number of nitrogens with zero attached hydrogens (tertiary/aromatic N) is 1. The third-order valence-corrected chi connectivity index (χ3v) is 2.70. The van der Waals surface area contributed by atoms with Crippen LogP contribution >= 0.6 is 0 Å². The first-order chi connectivity index (χ1) is 10.5. The zero-order chi connectivity index (χ0) is 16.1. The van der Waals surface area contributed by atoms with Crippen molar-refractivity contribution in [3.8, 4) is 5.75 Å². The van der Waals surface area contributed by atoms with Gasteiger partial charge in [-0.1, -0.05) is 0 Å². The zero-order valence-electron chi connectivity index (χ0n) is 11.6. The molecule has 0 atom stereocenters. The van der Waals surface area contributed by atoms with E-state index in [9.17, 15) is 19.7 Å². The van der Waals surface area contributed by atoms with Gasteiger partial charge in [-0.2, -0.15) is 0 Å². The summed E-state index contributed by atoms with van der Waals surface area (Å²) in [5, 5.41) is 13.1. The second kappa shape index (κ2) is 6.49. The standard InChI is InChI=1S/C15H12N2O5/c1-10(18)16-12-4-2-11(3-5-12)15(19)22-14-8-6-13(7-9-14)17(20)21/h2-9H,1H3,(H,16,18). The number of anilines is 1. The fraction of sp³-hybridized carbons (Fsp3) is 0.0667. The molecule has 0 saturated heterocycles. The highest BCUT2D eigenvalue weighted by molar-refractivity contribution is 5.93. The fourth-order valence-electron chi connectivity index (χ4n) is 1.69. The summed E-state index contributed by atoms with van der Waals surface area (Å²) in [6.07, 6.45) is 0. The molecule has 7 nitrogen and oxygen atoms in total. The molecule has 2 rings (SSSR count). The second-order valence-electron chi connectivity index (χ2n) is 4.40. The number of rotatable bonds is 4. The fourth-order valence-corrected chi connectivity index (χ4v) is 1.69. The highest BCUT2D eigenvalue weighted by Gasteiger charge is 2.10. The molecule has 0 spiro atoms. The molecule has 1 N–H and O–H groups in total. The van der Waals surface area contributed by atoms with Crippen LogP contribution in [0.3, 0.4) is 0 Å². The maximum absolute atomic E-state index is 11.9. The van der Waals surface area contributed by atoms with E-state index in [2.05, 4.69) is 5.32 Å². The molecule has 0 bridgehead atoms. The van der Waals surface area contributed by atoms with Crippen LogP contribution in [0.5, 0.6) is 5.75 Å². The Labute approximate surface area is 125 Å². The Kier molecular flexibility index (Phi) is 4.47. The molecule has 0 saturated carbocycles. The van der Waals surface area contributed by atoms with Crippen LogP contribution in [0.1, 0.15) is 17.3 Å². The van der Waals surface area contributed by atoms with E-state index in [1.807, 2.05) is 0 Å². The molecule has 0 aliphatic heterocycles. The van der Waals surface area contributed by atoms with Gasteiger partial charge in [-0.15, -0.1) is 0 Å². The number of nitrogens with one attached hydrogen (secondary N) is 1. The lowest BCUT2D eigenvalue weighted by molar-refractivity contribution is -0.384. The van der Waals surface area contributed by atoms with E-state index >= 15 is 0 Å². The van der Waals surface area contributed by atoms with Gasteiger partial charge >= 0.3 is 5.97 Å². The minimum absolute atomic E-state index is 0.0838. The molecule has 0 aliphatic carbocycles. The van der Waals surface area contributed by atoms with E-state index in [1.165, 1.54) is 43.3 Å². The average Bonchev–Trinajstić information content (AvgIpc) is 2.48. The summed E-state index contributed by atoms with van der Waals surface area (Å²) in [4.78, 5) is 32.8. The van der Waals surface area contributed by atoms with Crippen molar-refractivity contribution in [1.29, 1.82) is 0 Å². The molecule has 112 valence electrons. The van der Waals surface area contributed by atoms with Gasteiger partial charge in [0.05, 0.1) is 10.5 Å². The van der Waals surface area contributed by atoms with Crippen LogP contribution in [0, 0.1) is 10.1 Å². The number of hydrogen-bond acceptors (Lipinski definition) is 5. The highest BCUT2D eigenvalue weighted by atomic mass is 16.6. The Morgan fingerprint density at radius 2 is 1.64 bits per heavy atom. The number of esters is 1.